The van der Waals surface area contributed by atoms with E-state index >= 15 is 0 Å². The molecule has 0 spiro atoms. The zero-order chi connectivity index (χ0) is 18.0. The van der Waals surface area contributed by atoms with E-state index in [2.05, 4.69) is 12.4 Å². The number of nitrogens with one attached hydrogen (secondary N) is 2. The molecule has 0 aromatic heterocycles. The zero-order valence-corrected chi connectivity index (χ0v) is 15.4. The molecule has 2 fully saturated rings. The number of hydrogen-bond donors (Lipinski definition) is 2. The van der Waals surface area contributed by atoms with Crippen LogP contribution in [0.5, 0.6) is 0 Å². The average molecular weight is 345 g/mol. The van der Waals surface area contributed by atoms with Crippen molar-refractivity contribution in [3.8, 4) is 0 Å². The van der Waals surface area contributed by atoms with Gasteiger partial charge >= 0.3 is 6.03 Å². The first-order valence-corrected chi connectivity index (χ1v) is 9.15. The largest absolute Gasteiger partial charge is 0.337 e. The van der Waals surface area contributed by atoms with E-state index in [4.69, 9.17) is 0 Å². The van der Waals surface area contributed by atoms with Gasteiger partial charge in [0.25, 0.3) is 0 Å². The molecule has 0 saturated carbocycles. The first-order valence-electron chi connectivity index (χ1n) is 9.15. The molecule has 25 heavy (non-hydrogen) atoms. The van der Waals surface area contributed by atoms with Gasteiger partial charge in [0.05, 0.1) is 26.2 Å². The van der Waals surface area contributed by atoms with Crippen molar-refractivity contribution >= 4 is 17.6 Å². The molecule has 0 unspecified atom stereocenters. The van der Waals surface area contributed by atoms with E-state index in [1.165, 1.54) is 10.5 Å². The SMILES string of the molecule is Cc1ccc(N2C[C@@H](NC(=O)N(C)C3CC[NH+](C)CC3)CC2=O)cc1. The van der Waals surface area contributed by atoms with Crippen LogP contribution < -0.4 is 15.1 Å². The Labute approximate surface area is 149 Å². The number of urea groups is 1. The van der Waals surface area contributed by atoms with Crippen molar-refractivity contribution in [1.29, 1.82) is 0 Å². The van der Waals surface area contributed by atoms with Crippen LogP contribution in [0.2, 0.25) is 0 Å². The van der Waals surface area contributed by atoms with Crippen LogP contribution in [0.3, 0.4) is 0 Å². The lowest BCUT2D eigenvalue weighted by molar-refractivity contribution is -0.885. The number of carbonyl (C=O) groups excluding carboxylic acids is 2. The zero-order valence-electron chi connectivity index (χ0n) is 15.4. The molecule has 6 nitrogen and oxygen atoms in total. The monoisotopic (exact) mass is 345 g/mol. The molecule has 6 heteroatoms. The van der Waals surface area contributed by atoms with Crippen LogP contribution in [-0.4, -0.2) is 62.7 Å². The van der Waals surface area contributed by atoms with Gasteiger partial charge in [-0.2, -0.15) is 0 Å². The highest BCUT2D eigenvalue weighted by molar-refractivity contribution is 5.96. The highest BCUT2D eigenvalue weighted by atomic mass is 16.2. The molecule has 2 aliphatic heterocycles. The predicted molar refractivity (Wildman–Crippen MR) is 97.9 cm³/mol. The van der Waals surface area contributed by atoms with Gasteiger partial charge in [0, 0.05) is 44.6 Å². The fourth-order valence-electron chi connectivity index (χ4n) is 3.70. The molecule has 3 rings (SSSR count). The van der Waals surface area contributed by atoms with E-state index in [0.717, 1.165) is 31.6 Å². The first kappa shape index (κ1) is 17.7. The molecule has 0 aliphatic carbocycles. The summed E-state index contributed by atoms with van der Waals surface area (Å²) in [7, 11) is 4.06. The standard InChI is InChI=1S/C19H28N4O2/c1-14-4-6-17(7-5-14)23-13-15(12-18(23)24)20-19(25)22(3)16-8-10-21(2)11-9-16/h4-7,15-16H,8-13H2,1-3H3,(H,20,25)/p+1/t15-/m0/s1. The van der Waals surface area contributed by atoms with Gasteiger partial charge in [0.15, 0.2) is 0 Å². The summed E-state index contributed by atoms with van der Waals surface area (Å²) in [6, 6.07) is 8.05. The lowest BCUT2D eigenvalue weighted by atomic mass is 10.0. The number of hydrogen-bond acceptors (Lipinski definition) is 2. The van der Waals surface area contributed by atoms with E-state index < -0.39 is 0 Å². The molecular weight excluding hydrogens is 316 g/mol. The van der Waals surface area contributed by atoms with Gasteiger partial charge in [-0.15, -0.1) is 0 Å². The molecule has 2 aliphatic rings. The Morgan fingerprint density at radius 3 is 2.52 bits per heavy atom. The smallest absolute Gasteiger partial charge is 0.317 e. The minimum absolute atomic E-state index is 0.0619. The molecule has 2 heterocycles. The third kappa shape index (κ3) is 4.12. The van der Waals surface area contributed by atoms with Gasteiger partial charge < -0.3 is 20.0 Å². The minimum atomic E-state index is -0.124. The highest BCUT2D eigenvalue weighted by Gasteiger charge is 2.33. The maximum atomic E-state index is 12.6. The van der Waals surface area contributed by atoms with Crippen molar-refractivity contribution in [2.75, 3.05) is 38.6 Å². The second-order valence-electron chi connectivity index (χ2n) is 7.49. The Morgan fingerprint density at radius 1 is 1.24 bits per heavy atom. The number of anilines is 1. The van der Waals surface area contributed by atoms with E-state index in [1.807, 2.05) is 43.1 Å². The van der Waals surface area contributed by atoms with Crippen LogP contribution in [0, 0.1) is 6.92 Å². The third-order valence-electron chi connectivity index (χ3n) is 5.48. The van der Waals surface area contributed by atoms with E-state index in [0.29, 0.717) is 19.0 Å². The number of nitrogens with zero attached hydrogens (tertiary/aromatic N) is 2. The lowest BCUT2D eigenvalue weighted by Crippen LogP contribution is -3.10. The molecule has 136 valence electrons. The molecule has 1 aromatic carbocycles. The van der Waals surface area contributed by atoms with E-state index in [9.17, 15) is 9.59 Å². The average Bonchev–Trinajstić information content (AvgIpc) is 2.96. The van der Waals surface area contributed by atoms with Crippen molar-refractivity contribution in [1.82, 2.24) is 10.2 Å². The van der Waals surface area contributed by atoms with Crippen LogP contribution in [0.4, 0.5) is 10.5 Å². The quantitative estimate of drug-likeness (QED) is 0.834. The molecule has 0 bridgehead atoms. The second-order valence-corrected chi connectivity index (χ2v) is 7.49. The first-order chi connectivity index (χ1) is 11.9. The van der Waals surface area contributed by atoms with Gasteiger partial charge in [-0.05, 0) is 19.1 Å². The number of benzene rings is 1. The summed E-state index contributed by atoms with van der Waals surface area (Å²) < 4.78 is 0. The van der Waals surface area contributed by atoms with Crippen LogP contribution in [0.25, 0.3) is 0 Å². The summed E-state index contributed by atoms with van der Waals surface area (Å²) in [4.78, 5) is 30.0. The summed E-state index contributed by atoms with van der Waals surface area (Å²) in [6.45, 7) is 4.77. The number of quaternary nitrogens is 1. The number of likely N-dealkylation sites (tertiary alicyclic amines) is 1. The van der Waals surface area contributed by atoms with Crippen molar-refractivity contribution in [3.63, 3.8) is 0 Å². The van der Waals surface area contributed by atoms with Crippen molar-refractivity contribution in [2.24, 2.45) is 0 Å². The maximum absolute atomic E-state index is 12.6. The number of rotatable bonds is 3. The van der Waals surface area contributed by atoms with Crippen LogP contribution in [-0.2, 0) is 4.79 Å². The van der Waals surface area contributed by atoms with Crippen LogP contribution in [0.1, 0.15) is 24.8 Å². The maximum Gasteiger partial charge on any atom is 0.317 e. The van der Waals surface area contributed by atoms with E-state index in [-0.39, 0.29) is 18.0 Å². The molecule has 3 amide bonds. The van der Waals surface area contributed by atoms with Crippen molar-refractivity contribution in [2.45, 2.75) is 38.3 Å². The van der Waals surface area contributed by atoms with Crippen LogP contribution >= 0.6 is 0 Å². The van der Waals surface area contributed by atoms with E-state index in [1.54, 1.807) is 4.90 Å². The Hall–Kier alpha value is -2.08. The van der Waals surface area contributed by atoms with Gasteiger partial charge in [0.2, 0.25) is 5.91 Å². The molecule has 0 radical (unpaired) electrons. The fourth-order valence-corrected chi connectivity index (χ4v) is 3.70. The Kier molecular flexibility index (Phi) is 5.27. The van der Waals surface area contributed by atoms with Gasteiger partial charge in [-0.25, -0.2) is 4.79 Å². The third-order valence-corrected chi connectivity index (χ3v) is 5.48. The topological polar surface area (TPSA) is 57.1 Å². The molecular formula is C19H29N4O2+. The molecule has 2 saturated heterocycles. The minimum Gasteiger partial charge on any atom is -0.337 e. The number of piperidine rings is 1. The second kappa shape index (κ2) is 7.44. The summed E-state index contributed by atoms with van der Waals surface area (Å²) in [5, 5.41) is 3.05. The van der Waals surface area contributed by atoms with Gasteiger partial charge in [-0.1, -0.05) is 17.7 Å². The lowest BCUT2D eigenvalue weighted by Gasteiger charge is -2.33. The van der Waals surface area contributed by atoms with Crippen molar-refractivity contribution in [3.05, 3.63) is 29.8 Å². The molecule has 1 aromatic rings. The predicted octanol–water partition coefficient (Wildman–Crippen LogP) is 0.419. The number of amides is 3. The summed E-state index contributed by atoms with van der Waals surface area (Å²) in [6.07, 6.45) is 2.44. The molecule has 2 N–H and O–H groups in total. The summed E-state index contributed by atoms with van der Waals surface area (Å²) in [5.41, 5.74) is 2.07. The van der Waals surface area contributed by atoms with Gasteiger partial charge in [0.1, 0.15) is 0 Å². The summed E-state index contributed by atoms with van der Waals surface area (Å²) >= 11 is 0. The highest BCUT2D eigenvalue weighted by Crippen LogP contribution is 2.22. The van der Waals surface area contributed by atoms with Crippen LogP contribution in [0.15, 0.2) is 24.3 Å². The normalized spacial score (nSPS) is 26.6. The summed E-state index contributed by atoms with van der Waals surface area (Å²) in [5.74, 6) is 0.0692. The molecule has 1 atom stereocenters. The number of carbonyl (C=O) groups is 2. The Morgan fingerprint density at radius 2 is 1.88 bits per heavy atom. The van der Waals surface area contributed by atoms with Gasteiger partial charge in [-0.3, -0.25) is 4.79 Å². The van der Waals surface area contributed by atoms with Crippen molar-refractivity contribution < 1.29 is 14.5 Å². The Balaban J connectivity index is 1.55. The number of aryl methyl sites for hydroxylation is 1. The Bertz CT molecular complexity index is 623. The fraction of sp³-hybridized carbons (Fsp3) is 0.579.